The molecule has 0 N–H and O–H groups in total. The number of amidine groups is 1. The van der Waals surface area contributed by atoms with Gasteiger partial charge in [-0.1, -0.05) is 0 Å². The van der Waals surface area contributed by atoms with Crippen molar-refractivity contribution in [3.05, 3.63) is 23.8 Å². The molecule has 0 saturated carbocycles. The Kier molecular flexibility index (Phi) is 3.32. The fraction of sp³-hybridized carbons (Fsp3) is 0.500. The lowest BCUT2D eigenvalue weighted by Gasteiger charge is -2.25. The van der Waals surface area contributed by atoms with Crippen LogP contribution in [0.1, 0.15) is 36.5 Å². The molecule has 7 heteroatoms. The maximum atomic E-state index is 12.7. The number of nitrogens with zero attached hydrogens (tertiary/aromatic N) is 3. The molecule has 1 fully saturated rings. The third-order valence-corrected chi connectivity index (χ3v) is 6.67. The van der Waals surface area contributed by atoms with Crippen LogP contribution in [0.2, 0.25) is 0 Å². The summed E-state index contributed by atoms with van der Waals surface area (Å²) in [6.07, 6.45) is 2.68. The van der Waals surface area contributed by atoms with Crippen LogP contribution in [-0.4, -0.2) is 50.0 Å². The summed E-state index contributed by atoms with van der Waals surface area (Å²) in [7, 11) is -3.50. The predicted octanol–water partition coefficient (Wildman–Crippen LogP) is 1.66. The maximum absolute atomic E-state index is 12.7. The zero-order chi connectivity index (χ0) is 16.2. The zero-order valence-corrected chi connectivity index (χ0v) is 13.8. The van der Waals surface area contributed by atoms with Crippen molar-refractivity contribution in [1.82, 2.24) is 4.31 Å². The third-order valence-electron chi connectivity index (χ3n) is 4.78. The molecular formula is C16H19N3O3S. The first-order valence-electron chi connectivity index (χ1n) is 8.03. The van der Waals surface area contributed by atoms with Crippen molar-refractivity contribution in [1.29, 1.82) is 0 Å². The number of aliphatic imine (C=N–C) groups is 1. The second-order valence-corrected chi connectivity index (χ2v) is 8.30. The molecule has 1 atom stereocenters. The Balaban J connectivity index is 1.77. The minimum Gasteiger partial charge on any atom is -0.323 e. The van der Waals surface area contributed by atoms with Gasteiger partial charge in [0, 0.05) is 19.6 Å². The SMILES string of the molecule is CC1CCN2C(=N1)C(=O)c1cc(S(=O)(=O)N3CCCC3)ccc12. The smallest absolute Gasteiger partial charge is 0.243 e. The van der Waals surface area contributed by atoms with Gasteiger partial charge in [0.2, 0.25) is 15.8 Å². The quantitative estimate of drug-likeness (QED) is 0.825. The Hall–Kier alpha value is -1.73. The van der Waals surface area contributed by atoms with Crippen molar-refractivity contribution in [2.45, 2.75) is 37.1 Å². The minimum atomic E-state index is -3.50. The molecule has 0 aliphatic carbocycles. The standard InChI is InChI=1S/C16H19N3O3S/c1-11-6-9-19-14-5-4-12(10-13(14)15(20)16(19)17-11)23(21,22)18-7-2-3-8-18/h4-5,10-11H,2-3,6-9H2,1H3. The van der Waals surface area contributed by atoms with Gasteiger partial charge in [-0.3, -0.25) is 9.79 Å². The molecule has 0 amide bonds. The highest BCUT2D eigenvalue weighted by Crippen LogP contribution is 2.34. The molecule has 3 heterocycles. The number of anilines is 1. The molecular weight excluding hydrogens is 314 g/mol. The lowest BCUT2D eigenvalue weighted by atomic mass is 10.1. The molecule has 1 aromatic rings. The van der Waals surface area contributed by atoms with Crippen LogP contribution in [-0.2, 0) is 10.0 Å². The van der Waals surface area contributed by atoms with Gasteiger partial charge in [0.1, 0.15) is 0 Å². The summed E-state index contributed by atoms with van der Waals surface area (Å²) in [6.45, 7) is 3.86. The molecule has 6 nitrogen and oxygen atoms in total. The number of rotatable bonds is 2. The van der Waals surface area contributed by atoms with Crippen LogP contribution in [0.15, 0.2) is 28.1 Å². The molecule has 122 valence electrons. The molecule has 1 aromatic carbocycles. The van der Waals surface area contributed by atoms with E-state index in [0.717, 1.165) is 31.5 Å². The molecule has 1 saturated heterocycles. The normalized spacial score (nSPS) is 24.6. The first-order valence-corrected chi connectivity index (χ1v) is 9.47. The van der Waals surface area contributed by atoms with E-state index < -0.39 is 10.0 Å². The summed E-state index contributed by atoms with van der Waals surface area (Å²) in [6, 6.07) is 5.01. The number of hydrogen-bond acceptors (Lipinski definition) is 5. The van der Waals surface area contributed by atoms with Gasteiger partial charge in [0.15, 0.2) is 5.84 Å². The van der Waals surface area contributed by atoms with Crippen LogP contribution < -0.4 is 4.90 Å². The first kappa shape index (κ1) is 14.8. The largest absolute Gasteiger partial charge is 0.323 e. The van der Waals surface area contributed by atoms with Crippen LogP contribution in [0.4, 0.5) is 5.69 Å². The first-order chi connectivity index (χ1) is 11.0. The van der Waals surface area contributed by atoms with E-state index in [9.17, 15) is 13.2 Å². The van der Waals surface area contributed by atoms with Gasteiger partial charge in [-0.2, -0.15) is 4.31 Å². The molecule has 23 heavy (non-hydrogen) atoms. The third kappa shape index (κ3) is 2.21. The lowest BCUT2D eigenvalue weighted by Crippen LogP contribution is -2.37. The van der Waals surface area contributed by atoms with E-state index in [2.05, 4.69) is 4.99 Å². The molecule has 4 rings (SSSR count). The van der Waals surface area contributed by atoms with Crippen molar-refractivity contribution in [2.24, 2.45) is 4.99 Å². The minimum absolute atomic E-state index is 0.132. The molecule has 3 aliphatic rings. The van der Waals surface area contributed by atoms with E-state index in [1.54, 1.807) is 12.1 Å². The Labute approximate surface area is 135 Å². The number of sulfonamides is 1. The Morgan fingerprint density at radius 2 is 1.91 bits per heavy atom. The zero-order valence-electron chi connectivity index (χ0n) is 13.0. The number of carbonyl (C=O) groups excluding carboxylic acids is 1. The number of carbonyl (C=O) groups is 1. The number of benzene rings is 1. The number of fused-ring (bicyclic) bond motifs is 3. The highest BCUT2D eigenvalue weighted by Gasteiger charge is 2.38. The van der Waals surface area contributed by atoms with E-state index >= 15 is 0 Å². The van der Waals surface area contributed by atoms with Gasteiger partial charge < -0.3 is 4.90 Å². The summed E-state index contributed by atoms with van der Waals surface area (Å²) in [5, 5.41) is 0. The van der Waals surface area contributed by atoms with E-state index in [4.69, 9.17) is 0 Å². The van der Waals surface area contributed by atoms with Crippen LogP contribution in [0, 0.1) is 0 Å². The molecule has 0 bridgehead atoms. The molecule has 3 aliphatic heterocycles. The summed E-state index contributed by atoms with van der Waals surface area (Å²) in [5.74, 6) is 0.291. The Morgan fingerprint density at radius 3 is 2.65 bits per heavy atom. The topological polar surface area (TPSA) is 70.0 Å². The van der Waals surface area contributed by atoms with Crippen LogP contribution in [0.5, 0.6) is 0 Å². The maximum Gasteiger partial charge on any atom is 0.243 e. The Bertz CT molecular complexity index is 810. The fourth-order valence-corrected chi connectivity index (χ4v) is 5.02. The number of ketones is 1. The number of Topliss-reactive ketones (excluding diaryl/α,β-unsaturated/α-hetero) is 1. The molecule has 0 aromatic heterocycles. The second kappa shape index (κ2) is 5.14. The van der Waals surface area contributed by atoms with Crippen molar-refractivity contribution < 1.29 is 13.2 Å². The van der Waals surface area contributed by atoms with Gasteiger partial charge in [-0.15, -0.1) is 0 Å². The van der Waals surface area contributed by atoms with Crippen molar-refractivity contribution in [3.8, 4) is 0 Å². The predicted molar refractivity (Wildman–Crippen MR) is 87.6 cm³/mol. The van der Waals surface area contributed by atoms with Gasteiger partial charge in [-0.05, 0) is 44.4 Å². The van der Waals surface area contributed by atoms with Gasteiger partial charge in [0.05, 0.1) is 22.2 Å². The highest BCUT2D eigenvalue weighted by molar-refractivity contribution is 7.89. The molecule has 0 spiro atoms. The van der Waals surface area contributed by atoms with E-state index in [-0.39, 0.29) is 16.7 Å². The highest BCUT2D eigenvalue weighted by atomic mass is 32.2. The summed E-state index contributed by atoms with van der Waals surface area (Å²) in [5.41, 5.74) is 1.24. The van der Waals surface area contributed by atoms with Crippen LogP contribution in [0.3, 0.4) is 0 Å². The fourth-order valence-electron chi connectivity index (χ4n) is 3.47. The van der Waals surface area contributed by atoms with Crippen molar-refractivity contribution in [2.75, 3.05) is 24.5 Å². The van der Waals surface area contributed by atoms with Crippen LogP contribution in [0.25, 0.3) is 0 Å². The lowest BCUT2D eigenvalue weighted by molar-refractivity contribution is 0.106. The van der Waals surface area contributed by atoms with E-state index in [1.807, 2.05) is 11.8 Å². The average Bonchev–Trinajstić information content (AvgIpc) is 3.16. The monoisotopic (exact) mass is 333 g/mol. The summed E-state index contributed by atoms with van der Waals surface area (Å²) < 4.78 is 26.9. The van der Waals surface area contributed by atoms with Crippen molar-refractivity contribution in [3.63, 3.8) is 0 Å². The van der Waals surface area contributed by atoms with Gasteiger partial charge in [-0.25, -0.2) is 8.42 Å². The number of hydrogen-bond donors (Lipinski definition) is 0. The summed E-state index contributed by atoms with van der Waals surface area (Å²) in [4.78, 5) is 19.2. The van der Waals surface area contributed by atoms with E-state index in [0.29, 0.717) is 24.5 Å². The van der Waals surface area contributed by atoms with Gasteiger partial charge in [0.25, 0.3) is 0 Å². The molecule has 1 unspecified atom stereocenters. The average molecular weight is 333 g/mol. The van der Waals surface area contributed by atoms with Crippen LogP contribution >= 0.6 is 0 Å². The Morgan fingerprint density at radius 1 is 1.17 bits per heavy atom. The van der Waals surface area contributed by atoms with E-state index in [1.165, 1.54) is 10.4 Å². The van der Waals surface area contributed by atoms with Crippen molar-refractivity contribution >= 4 is 27.3 Å². The summed E-state index contributed by atoms with van der Waals surface area (Å²) >= 11 is 0. The van der Waals surface area contributed by atoms with Gasteiger partial charge >= 0.3 is 0 Å². The molecule has 0 radical (unpaired) electrons. The second-order valence-electron chi connectivity index (χ2n) is 6.36.